The van der Waals surface area contributed by atoms with Crippen LogP contribution in [0, 0.1) is 5.92 Å². The van der Waals surface area contributed by atoms with Crippen molar-refractivity contribution in [2.75, 3.05) is 6.54 Å². The third-order valence-corrected chi connectivity index (χ3v) is 4.18. The van der Waals surface area contributed by atoms with E-state index in [1.165, 1.54) is 35.6 Å². The van der Waals surface area contributed by atoms with Gasteiger partial charge in [-0.2, -0.15) is 0 Å². The number of benzene rings is 2. The van der Waals surface area contributed by atoms with Gasteiger partial charge in [-0.05, 0) is 47.7 Å². The predicted octanol–water partition coefficient (Wildman–Crippen LogP) is 4.29. The molecule has 1 aliphatic carbocycles. The maximum absolute atomic E-state index is 3.67. The Kier molecular flexibility index (Phi) is 3.33. The number of hydrogen-bond donors (Lipinski definition) is 1. The largest absolute Gasteiger partial charge is 0.310 e. The first-order valence-corrected chi connectivity index (χ1v) is 7.10. The van der Waals surface area contributed by atoms with Crippen LogP contribution >= 0.6 is 0 Å². The normalized spacial score (nSPS) is 17.6. The summed E-state index contributed by atoms with van der Waals surface area (Å²) < 4.78 is 0. The molecule has 1 saturated carbocycles. The first kappa shape index (κ1) is 11.7. The molecule has 0 radical (unpaired) electrons. The Bertz CT molecular complexity index is 528. The summed E-state index contributed by atoms with van der Waals surface area (Å²) in [5.74, 6) is 0.839. The van der Waals surface area contributed by atoms with E-state index in [-0.39, 0.29) is 0 Å². The molecule has 0 spiro atoms. The highest BCUT2D eigenvalue weighted by Gasteiger charge is 2.27. The minimum Gasteiger partial charge on any atom is -0.310 e. The van der Waals surface area contributed by atoms with Crippen LogP contribution in [0.4, 0.5) is 0 Å². The van der Waals surface area contributed by atoms with Gasteiger partial charge in [0.2, 0.25) is 0 Å². The lowest BCUT2D eigenvalue weighted by atomic mass is 9.77. The highest BCUT2D eigenvalue weighted by atomic mass is 14.9. The number of nitrogens with one attached hydrogen (secondary N) is 1. The lowest BCUT2D eigenvalue weighted by Gasteiger charge is -2.34. The summed E-state index contributed by atoms with van der Waals surface area (Å²) in [5.41, 5.74) is 1.46. The van der Waals surface area contributed by atoms with E-state index in [9.17, 15) is 0 Å². The zero-order valence-electron chi connectivity index (χ0n) is 11.0. The minimum atomic E-state index is 0.549. The fourth-order valence-corrected chi connectivity index (χ4v) is 2.95. The molecular formula is C17H21N. The van der Waals surface area contributed by atoms with E-state index < -0.39 is 0 Å². The van der Waals surface area contributed by atoms with Gasteiger partial charge in [-0.15, -0.1) is 0 Å². The summed E-state index contributed by atoms with van der Waals surface area (Å²) in [7, 11) is 0. The van der Waals surface area contributed by atoms with E-state index in [4.69, 9.17) is 0 Å². The third-order valence-electron chi connectivity index (χ3n) is 4.18. The molecule has 1 fully saturated rings. The van der Waals surface area contributed by atoms with E-state index in [1.807, 2.05) is 0 Å². The molecule has 0 aromatic heterocycles. The first-order chi connectivity index (χ1) is 8.88. The standard InChI is InChI=1S/C17H21N/c1-2-18-17(14-8-5-9-14)16-11-10-13-6-3-4-7-15(13)12-16/h3-4,6-7,10-12,14,17-18H,2,5,8-9H2,1H3. The molecule has 1 atom stereocenters. The zero-order chi connectivity index (χ0) is 12.4. The highest BCUT2D eigenvalue weighted by Crippen LogP contribution is 2.38. The van der Waals surface area contributed by atoms with Crippen molar-refractivity contribution in [1.29, 1.82) is 0 Å². The lowest BCUT2D eigenvalue weighted by molar-refractivity contribution is 0.233. The lowest BCUT2D eigenvalue weighted by Crippen LogP contribution is -2.32. The van der Waals surface area contributed by atoms with Gasteiger partial charge in [0.15, 0.2) is 0 Å². The van der Waals surface area contributed by atoms with E-state index >= 15 is 0 Å². The van der Waals surface area contributed by atoms with Crippen LogP contribution in [0.15, 0.2) is 42.5 Å². The van der Waals surface area contributed by atoms with Crippen molar-refractivity contribution < 1.29 is 0 Å². The van der Waals surface area contributed by atoms with Crippen LogP contribution in [0.2, 0.25) is 0 Å². The molecule has 94 valence electrons. The Hall–Kier alpha value is -1.34. The Labute approximate surface area is 109 Å². The van der Waals surface area contributed by atoms with Crippen molar-refractivity contribution >= 4 is 10.8 Å². The Morgan fingerprint density at radius 1 is 1.11 bits per heavy atom. The van der Waals surface area contributed by atoms with Gasteiger partial charge >= 0.3 is 0 Å². The molecule has 1 aliphatic rings. The molecule has 1 N–H and O–H groups in total. The maximum Gasteiger partial charge on any atom is 0.0348 e. The molecular weight excluding hydrogens is 218 g/mol. The molecule has 1 heteroatoms. The van der Waals surface area contributed by atoms with Gasteiger partial charge in [0.1, 0.15) is 0 Å². The fourth-order valence-electron chi connectivity index (χ4n) is 2.95. The van der Waals surface area contributed by atoms with Gasteiger partial charge in [0.05, 0.1) is 0 Å². The number of hydrogen-bond acceptors (Lipinski definition) is 1. The summed E-state index contributed by atoms with van der Waals surface area (Å²) in [6.45, 7) is 3.25. The quantitative estimate of drug-likeness (QED) is 0.839. The fraction of sp³-hybridized carbons (Fsp3) is 0.412. The molecule has 18 heavy (non-hydrogen) atoms. The average molecular weight is 239 g/mol. The second-order valence-electron chi connectivity index (χ2n) is 5.33. The second-order valence-corrected chi connectivity index (χ2v) is 5.33. The second kappa shape index (κ2) is 5.11. The smallest absolute Gasteiger partial charge is 0.0348 e. The topological polar surface area (TPSA) is 12.0 Å². The van der Waals surface area contributed by atoms with E-state index in [0.717, 1.165) is 12.5 Å². The first-order valence-electron chi connectivity index (χ1n) is 7.10. The van der Waals surface area contributed by atoms with Gasteiger partial charge in [-0.25, -0.2) is 0 Å². The molecule has 0 saturated heterocycles. The van der Waals surface area contributed by atoms with Crippen LogP contribution < -0.4 is 5.32 Å². The Morgan fingerprint density at radius 2 is 1.89 bits per heavy atom. The van der Waals surface area contributed by atoms with Crippen molar-refractivity contribution in [3.05, 3.63) is 48.0 Å². The van der Waals surface area contributed by atoms with Crippen LogP contribution in [-0.4, -0.2) is 6.54 Å². The van der Waals surface area contributed by atoms with Crippen LogP contribution in [0.5, 0.6) is 0 Å². The van der Waals surface area contributed by atoms with Crippen molar-refractivity contribution in [3.8, 4) is 0 Å². The monoisotopic (exact) mass is 239 g/mol. The van der Waals surface area contributed by atoms with Gasteiger partial charge in [0.25, 0.3) is 0 Å². The Morgan fingerprint density at radius 3 is 2.56 bits per heavy atom. The molecule has 2 aromatic carbocycles. The molecule has 1 nitrogen and oxygen atoms in total. The summed E-state index contributed by atoms with van der Waals surface area (Å²) in [5, 5.41) is 6.36. The van der Waals surface area contributed by atoms with Crippen molar-refractivity contribution in [3.63, 3.8) is 0 Å². The molecule has 3 rings (SSSR count). The van der Waals surface area contributed by atoms with E-state index in [2.05, 4.69) is 54.7 Å². The SMILES string of the molecule is CCNC(c1ccc2ccccc2c1)C1CCC1. The number of fused-ring (bicyclic) bond motifs is 1. The highest BCUT2D eigenvalue weighted by molar-refractivity contribution is 5.83. The summed E-state index contributed by atoms with van der Waals surface area (Å²) in [4.78, 5) is 0. The molecule has 0 bridgehead atoms. The molecule has 2 aromatic rings. The summed E-state index contributed by atoms with van der Waals surface area (Å²) in [6, 6.07) is 16.1. The van der Waals surface area contributed by atoms with Crippen LogP contribution in [0.1, 0.15) is 37.8 Å². The van der Waals surface area contributed by atoms with Gasteiger partial charge in [0, 0.05) is 6.04 Å². The van der Waals surface area contributed by atoms with Gasteiger partial charge < -0.3 is 5.32 Å². The average Bonchev–Trinajstić information content (AvgIpc) is 2.35. The maximum atomic E-state index is 3.67. The van der Waals surface area contributed by atoms with E-state index in [0.29, 0.717) is 6.04 Å². The van der Waals surface area contributed by atoms with Crippen molar-refractivity contribution in [2.24, 2.45) is 5.92 Å². The molecule has 0 heterocycles. The predicted molar refractivity (Wildman–Crippen MR) is 77.7 cm³/mol. The minimum absolute atomic E-state index is 0.549. The summed E-state index contributed by atoms with van der Waals surface area (Å²) in [6.07, 6.45) is 4.16. The van der Waals surface area contributed by atoms with Crippen molar-refractivity contribution in [1.82, 2.24) is 5.32 Å². The van der Waals surface area contributed by atoms with Crippen LogP contribution in [-0.2, 0) is 0 Å². The van der Waals surface area contributed by atoms with Crippen molar-refractivity contribution in [2.45, 2.75) is 32.2 Å². The molecule has 1 unspecified atom stereocenters. The molecule has 0 aliphatic heterocycles. The molecule has 0 amide bonds. The van der Waals surface area contributed by atoms with Gasteiger partial charge in [-0.1, -0.05) is 49.7 Å². The summed E-state index contributed by atoms with van der Waals surface area (Å²) >= 11 is 0. The Balaban J connectivity index is 1.95. The number of rotatable bonds is 4. The van der Waals surface area contributed by atoms with Gasteiger partial charge in [-0.3, -0.25) is 0 Å². The van der Waals surface area contributed by atoms with Crippen LogP contribution in [0.3, 0.4) is 0 Å². The zero-order valence-corrected chi connectivity index (χ0v) is 11.0. The van der Waals surface area contributed by atoms with Crippen LogP contribution in [0.25, 0.3) is 10.8 Å². The van der Waals surface area contributed by atoms with E-state index in [1.54, 1.807) is 0 Å². The third kappa shape index (κ3) is 2.15.